The van der Waals surface area contributed by atoms with Gasteiger partial charge in [0.15, 0.2) is 11.6 Å². The monoisotopic (exact) mass is 280 g/mol. The van der Waals surface area contributed by atoms with Crippen molar-refractivity contribution in [3.63, 3.8) is 0 Å². The number of aliphatic hydroxyl groups is 1. The van der Waals surface area contributed by atoms with Crippen molar-refractivity contribution in [1.29, 1.82) is 0 Å². The van der Waals surface area contributed by atoms with Gasteiger partial charge in [-0.1, -0.05) is 6.07 Å². The van der Waals surface area contributed by atoms with Crippen molar-refractivity contribution in [2.24, 2.45) is 0 Å². The van der Waals surface area contributed by atoms with Crippen molar-refractivity contribution in [3.05, 3.63) is 53.7 Å². The third-order valence-corrected chi connectivity index (χ3v) is 2.77. The predicted molar refractivity (Wildman–Crippen MR) is 70.6 cm³/mol. The fourth-order valence-corrected chi connectivity index (χ4v) is 1.66. The normalized spacial score (nSPS) is 12.0. The van der Waals surface area contributed by atoms with E-state index < -0.39 is 17.7 Å². The van der Waals surface area contributed by atoms with Crippen LogP contribution < -0.4 is 10.1 Å². The number of nitrogens with one attached hydrogen (secondary N) is 1. The van der Waals surface area contributed by atoms with Crippen molar-refractivity contribution >= 4 is 5.69 Å². The lowest BCUT2D eigenvalue weighted by molar-refractivity contribution is 0.191. The molecule has 0 aliphatic heterocycles. The van der Waals surface area contributed by atoms with Crippen LogP contribution in [0.5, 0.6) is 5.88 Å². The van der Waals surface area contributed by atoms with Gasteiger partial charge in [0, 0.05) is 12.6 Å². The fourth-order valence-electron chi connectivity index (χ4n) is 1.66. The first kappa shape index (κ1) is 14.2. The fraction of sp³-hybridized carbons (Fsp3) is 0.214. The van der Waals surface area contributed by atoms with Crippen molar-refractivity contribution in [1.82, 2.24) is 4.98 Å². The number of aromatic nitrogens is 1. The van der Waals surface area contributed by atoms with Gasteiger partial charge >= 0.3 is 0 Å². The second-order valence-corrected chi connectivity index (χ2v) is 4.16. The molecule has 2 aromatic rings. The summed E-state index contributed by atoms with van der Waals surface area (Å²) in [7, 11) is 1.52. The number of halogens is 2. The summed E-state index contributed by atoms with van der Waals surface area (Å²) in [5, 5.41) is 12.8. The summed E-state index contributed by atoms with van der Waals surface area (Å²) in [5.41, 5.74) is 0.991. The Morgan fingerprint density at radius 3 is 2.65 bits per heavy atom. The van der Waals surface area contributed by atoms with Crippen LogP contribution in [0.2, 0.25) is 0 Å². The molecule has 0 saturated heterocycles. The smallest absolute Gasteiger partial charge is 0.213 e. The summed E-state index contributed by atoms with van der Waals surface area (Å²) in [5.74, 6) is -1.43. The lowest BCUT2D eigenvalue weighted by Gasteiger charge is -2.13. The zero-order valence-electron chi connectivity index (χ0n) is 10.8. The highest BCUT2D eigenvalue weighted by atomic mass is 19.2. The van der Waals surface area contributed by atoms with Crippen molar-refractivity contribution in [2.45, 2.75) is 6.10 Å². The van der Waals surface area contributed by atoms with E-state index in [4.69, 9.17) is 4.74 Å². The first-order chi connectivity index (χ1) is 9.60. The lowest BCUT2D eigenvalue weighted by atomic mass is 10.1. The molecule has 2 rings (SSSR count). The highest BCUT2D eigenvalue weighted by Gasteiger charge is 2.10. The first-order valence-electron chi connectivity index (χ1n) is 5.97. The number of aliphatic hydroxyl groups excluding tert-OH is 1. The Morgan fingerprint density at radius 1 is 1.25 bits per heavy atom. The molecule has 0 saturated carbocycles. The summed E-state index contributed by atoms with van der Waals surface area (Å²) in [6.07, 6.45) is 0.601. The summed E-state index contributed by atoms with van der Waals surface area (Å²) >= 11 is 0. The molecule has 1 unspecified atom stereocenters. The van der Waals surface area contributed by atoms with E-state index in [0.29, 0.717) is 17.1 Å². The zero-order chi connectivity index (χ0) is 14.5. The molecule has 1 atom stereocenters. The summed E-state index contributed by atoms with van der Waals surface area (Å²) in [6.45, 7) is 0.152. The highest BCUT2D eigenvalue weighted by Crippen LogP contribution is 2.18. The van der Waals surface area contributed by atoms with Gasteiger partial charge in [0.2, 0.25) is 5.88 Å². The maximum atomic E-state index is 13.1. The zero-order valence-corrected chi connectivity index (χ0v) is 10.8. The van der Waals surface area contributed by atoms with Gasteiger partial charge in [-0.3, -0.25) is 0 Å². The van der Waals surface area contributed by atoms with Crippen molar-refractivity contribution in [2.75, 3.05) is 19.0 Å². The summed E-state index contributed by atoms with van der Waals surface area (Å²) in [6, 6.07) is 6.73. The van der Waals surface area contributed by atoms with E-state index in [1.165, 1.54) is 13.2 Å². The molecule has 0 spiro atoms. The molecule has 0 aliphatic rings. The van der Waals surface area contributed by atoms with E-state index in [0.717, 1.165) is 12.1 Å². The van der Waals surface area contributed by atoms with Gasteiger partial charge in [-0.2, -0.15) is 0 Å². The number of rotatable bonds is 5. The molecule has 0 bridgehead atoms. The minimum Gasteiger partial charge on any atom is -0.481 e. The average Bonchev–Trinajstić information content (AvgIpc) is 2.48. The van der Waals surface area contributed by atoms with E-state index in [1.54, 1.807) is 18.3 Å². The van der Waals surface area contributed by atoms with Crippen LogP contribution in [0.15, 0.2) is 36.5 Å². The second-order valence-electron chi connectivity index (χ2n) is 4.16. The second kappa shape index (κ2) is 6.29. The predicted octanol–water partition coefficient (Wildman–Crippen LogP) is 2.51. The van der Waals surface area contributed by atoms with Gasteiger partial charge in [-0.25, -0.2) is 13.8 Å². The third kappa shape index (κ3) is 3.42. The van der Waals surface area contributed by atoms with Crippen LogP contribution in [-0.2, 0) is 0 Å². The molecule has 4 nitrogen and oxygen atoms in total. The number of hydrogen-bond acceptors (Lipinski definition) is 4. The molecular weight excluding hydrogens is 266 g/mol. The van der Waals surface area contributed by atoms with Gasteiger partial charge in [0.1, 0.15) is 0 Å². The van der Waals surface area contributed by atoms with Crippen molar-refractivity contribution in [3.8, 4) is 5.88 Å². The SMILES string of the molecule is COc1ccc(NCC(O)c2ccc(F)c(F)c2)cn1. The van der Waals surface area contributed by atoms with Gasteiger partial charge in [-0.05, 0) is 23.8 Å². The molecule has 6 heteroatoms. The Balaban J connectivity index is 1.96. The maximum absolute atomic E-state index is 13.1. The van der Waals surface area contributed by atoms with E-state index >= 15 is 0 Å². The van der Waals surface area contributed by atoms with Gasteiger partial charge < -0.3 is 15.2 Å². The highest BCUT2D eigenvalue weighted by molar-refractivity contribution is 5.42. The van der Waals surface area contributed by atoms with Crippen LogP contribution in [0.3, 0.4) is 0 Å². The van der Waals surface area contributed by atoms with E-state index in [-0.39, 0.29) is 6.54 Å². The number of benzene rings is 1. The number of anilines is 1. The van der Waals surface area contributed by atoms with E-state index in [9.17, 15) is 13.9 Å². The van der Waals surface area contributed by atoms with Crippen LogP contribution in [0.1, 0.15) is 11.7 Å². The minimum absolute atomic E-state index is 0.152. The first-order valence-corrected chi connectivity index (χ1v) is 5.97. The Labute approximate surface area is 115 Å². The lowest BCUT2D eigenvalue weighted by Crippen LogP contribution is -2.12. The summed E-state index contributed by atoms with van der Waals surface area (Å²) in [4.78, 5) is 4.00. The molecule has 1 aromatic heterocycles. The number of ether oxygens (including phenoxy) is 1. The Bertz CT molecular complexity index is 576. The molecule has 2 N–H and O–H groups in total. The van der Waals surface area contributed by atoms with Gasteiger partial charge in [0.25, 0.3) is 0 Å². The molecule has 0 aliphatic carbocycles. The van der Waals surface area contributed by atoms with Crippen LogP contribution in [0, 0.1) is 11.6 Å². The largest absolute Gasteiger partial charge is 0.481 e. The third-order valence-electron chi connectivity index (χ3n) is 2.77. The van der Waals surface area contributed by atoms with Gasteiger partial charge in [-0.15, -0.1) is 0 Å². The standard InChI is InChI=1S/C14H14F2N2O2/c1-20-14-5-3-10(7-18-14)17-8-13(19)9-2-4-11(15)12(16)6-9/h2-7,13,17,19H,8H2,1H3. The van der Waals surface area contributed by atoms with Crippen LogP contribution in [0.25, 0.3) is 0 Å². The number of hydrogen-bond donors (Lipinski definition) is 2. The number of nitrogens with zero attached hydrogens (tertiary/aromatic N) is 1. The molecular formula is C14H14F2N2O2. The molecule has 0 radical (unpaired) electrons. The molecule has 0 fully saturated rings. The van der Waals surface area contributed by atoms with E-state index in [1.807, 2.05) is 0 Å². The quantitative estimate of drug-likeness (QED) is 0.883. The van der Waals surface area contributed by atoms with Gasteiger partial charge in [0.05, 0.1) is 25.1 Å². The molecule has 20 heavy (non-hydrogen) atoms. The topological polar surface area (TPSA) is 54.4 Å². The average molecular weight is 280 g/mol. The van der Waals surface area contributed by atoms with Crippen LogP contribution in [0.4, 0.5) is 14.5 Å². The maximum Gasteiger partial charge on any atom is 0.213 e. The molecule has 1 heterocycles. The summed E-state index contributed by atoms with van der Waals surface area (Å²) < 4.78 is 30.8. The molecule has 0 amide bonds. The Hall–Kier alpha value is -2.21. The minimum atomic E-state index is -0.979. The number of methoxy groups -OCH3 is 1. The Morgan fingerprint density at radius 2 is 2.05 bits per heavy atom. The Kier molecular flexibility index (Phi) is 4.47. The van der Waals surface area contributed by atoms with Crippen molar-refractivity contribution < 1.29 is 18.6 Å². The molecule has 106 valence electrons. The van der Waals surface area contributed by atoms with E-state index in [2.05, 4.69) is 10.3 Å². The van der Waals surface area contributed by atoms with Crippen LogP contribution in [-0.4, -0.2) is 23.7 Å². The number of pyridine rings is 1. The molecule has 1 aromatic carbocycles. The van der Waals surface area contributed by atoms with Crippen LogP contribution >= 0.6 is 0 Å².